The molecule has 5 nitrogen and oxygen atoms in total. The Morgan fingerprint density at radius 1 is 1.23 bits per heavy atom. The zero-order valence-electron chi connectivity index (χ0n) is 13.0. The third kappa shape index (κ3) is 4.45. The van der Waals surface area contributed by atoms with Gasteiger partial charge in [0, 0.05) is 11.4 Å². The number of hydrogen-bond donors (Lipinski definition) is 2. The fraction of sp³-hybridized carbons (Fsp3) is 0.400. The minimum absolute atomic E-state index is 0.313. The van der Waals surface area contributed by atoms with Crippen molar-refractivity contribution in [3.8, 4) is 0 Å². The predicted molar refractivity (Wildman–Crippen MR) is 92.1 cm³/mol. The van der Waals surface area contributed by atoms with Gasteiger partial charge in [-0.15, -0.1) is 11.3 Å². The average Bonchev–Trinajstić information content (AvgIpc) is 2.96. The van der Waals surface area contributed by atoms with E-state index in [4.69, 9.17) is 0 Å². The minimum atomic E-state index is -3.56. The van der Waals surface area contributed by atoms with E-state index in [0.29, 0.717) is 15.9 Å². The van der Waals surface area contributed by atoms with E-state index in [1.807, 2.05) is 19.1 Å². The van der Waals surface area contributed by atoms with E-state index in [2.05, 4.69) is 28.9 Å². The Balaban J connectivity index is 2.06. The minimum Gasteiger partial charge on any atom is -0.384 e. The van der Waals surface area contributed by atoms with Crippen LogP contribution in [0.1, 0.15) is 25.6 Å². The Morgan fingerprint density at radius 2 is 2.00 bits per heavy atom. The number of thiophene rings is 1. The molecule has 0 saturated carbocycles. The summed E-state index contributed by atoms with van der Waals surface area (Å²) in [5, 5.41) is 3.24. The van der Waals surface area contributed by atoms with Gasteiger partial charge >= 0.3 is 0 Å². The summed E-state index contributed by atoms with van der Waals surface area (Å²) in [5.41, 5.74) is 0.876. The van der Waals surface area contributed by atoms with Gasteiger partial charge in [0.05, 0.1) is 11.9 Å². The molecule has 120 valence electrons. The van der Waals surface area contributed by atoms with Gasteiger partial charge < -0.3 is 5.32 Å². The van der Waals surface area contributed by atoms with Gasteiger partial charge in [0.25, 0.3) is 10.0 Å². The first-order valence-corrected chi connectivity index (χ1v) is 9.52. The average molecular weight is 339 g/mol. The molecule has 2 aromatic rings. The van der Waals surface area contributed by atoms with E-state index >= 15 is 0 Å². The molecule has 0 spiro atoms. The summed E-state index contributed by atoms with van der Waals surface area (Å²) >= 11 is 1.28. The van der Waals surface area contributed by atoms with Crippen molar-refractivity contribution >= 4 is 32.9 Å². The molecular formula is C15H21N3O2S2. The molecule has 0 fully saturated rings. The maximum atomic E-state index is 12.3. The first kappa shape index (κ1) is 16.8. The van der Waals surface area contributed by atoms with Crippen LogP contribution in [0.5, 0.6) is 0 Å². The molecule has 0 saturated heterocycles. The van der Waals surface area contributed by atoms with Crippen LogP contribution in [0.15, 0.2) is 34.7 Å². The molecule has 0 aliphatic heterocycles. The Hall–Kier alpha value is -1.60. The predicted octanol–water partition coefficient (Wildman–Crippen LogP) is 3.57. The van der Waals surface area contributed by atoms with Crippen molar-refractivity contribution in [2.45, 2.75) is 31.4 Å². The Bertz CT molecular complexity index is 707. The Labute approximate surface area is 135 Å². The van der Waals surface area contributed by atoms with Crippen LogP contribution < -0.4 is 10.0 Å². The number of nitrogens with zero attached hydrogens (tertiary/aromatic N) is 1. The quantitative estimate of drug-likeness (QED) is 0.809. The molecule has 0 atom stereocenters. The summed E-state index contributed by atoms with van der Waals surface area (Å²) in [5.74, 6) is 0.853. The molecule has 2 rings (SSSR count). The molecule has 0 aliphatic carbocycles. The normalized spacial score (nSPS) is 11.6. The fourth-order valence-corrected chi connectivity index (χ4v) is 4.07. The second kappa shape index (κ2) is 7.11. The van der Waals surface area contributed by atoms with E-state index in [0.717, 1.165) is 23.5 Å². The van der Waals surface area contributed by atoms with Gasteiger partial charge in [0.15, 0.2) is 0 Å². The molecule has 0 radical (unpaired) electrons. The van der Waals surface area contributed by atoms with E-state index < -0.39 is 10.0 Å². The van der Waals surface area contributed by atoms with E-state index in [1.165, 1.54) is 11.3 Å². The number of anilines is 2. The second-order valence-electron chi connectivity index (χ2n) is 5.39. The van der Waals surface area contributed by atoms with Crippen molar-refractivity contribution in [1.29, 1.82) is 0 Å². The highest BCUT2D eigenvalue weighted by atomic mass is 32.2. The number of aryl methyl sites for hydroxylation is 1. The van der Waals surface area contributed by atoms with Crippen molar-refractivity contribution in [2.24, 2.45) is 5.92 Å². The van der Waals surface area contributed by atoms with Crippen LogP contribution in [-0.4, -0.2) is 19.9 Å². The maximum Gasteiger partial charge on any atom is 0.272 e. The monoisotopic (exact) mass is 339 g/mol. The summed E-state index contributed by atoms with van der Waals surface area (Å²) in [6, 6.07) is 6.95. The lowest BCUT2D eigenvalue weighted by molar-refractivity contribution is 0.603. The van der Waals surface area contributed by atoms with E-state index in [-0.39, 0.29) is 0 Å². The van der Waals surface area contributed by atoms with Crippen molar-refractivity contribution in [3.63, 3.8) is 0 Å². The molecule has 2 aromatic heterocycles. The molecule has 0 amide bonds. The molecule has 0 aliphatic rings. The summed E-state index contributed by atoms with van der Waals surface area (Å²) in [7, 11) is -3.56. The van der Waals surface area contributed by atoms with Crippen LogP contribution in [0.4, 0.5) is 11.5 Å². The number of aromatic nitrogens is 1. The number of hydrogen-bond acceptors (Lipinski definition) is 5. The second-order valence-corrected chi connectivity index (χ2v) is 8.46. The first-order chi connectivity index (χ1) is 10.4. The fourth-order valence-electron chi connectivity index (χ4n) is 1.76. The number of sulfonamides is 1. The van der Waals surface area contributed by atoms with E-state index in [1.54, 1.807) is 18.3 Å². The standard InChI is InChI=1S/C15H21N3O2S2/c1-4-13-6-8-15(21-13)22(19,20)18-14-7-5-12(10-17-14)16-9-11(2)3/h5-8,10-11,16H,4,9H2,1-3H3,(H,17,18). The van der Waals surface area contributed by atoms with Crippen LogP contribution >= 0.6 is 11.3 Å². The summed E-state index contributed by atoms with van der Waals surface area (Å²) in [6.45, 7) is 7.09. The van der Waals surface area contributed by atoms with E-state index in [9.17, 15) is 8.42 Å². The summed E-state index contributed by atoms with van der Waals surface area (Å²) in [6.07, 6.45) is 2.46. The summed E-state index contributed by atoms with van der Waals surface area (Å²) < 4.78 is 27.4. The molecule has 22 heavy (non-hydrogen) atoms. The highest BCUT2D eigenvalue weighted by Crippen LogP contribution is 2.24. The molecule has 2 N–H and O–H groups in total. The van der Waals surface area contributed by atoms with Crippen LogP contribution in [0, 0.1) is 5.92 Å². The first-order valence-electron chi connectivity index (χ1n) is 7.22. The Morgan fingerprint density at radius 3 is 2.55 bits per heavy atom. The third-order valence-corrected chi connectivity index (χ3v) is 6.04. The molecule has 7 heteroatoms. The van der Waals surface area contributed by atoms with Gasteiger partial charge in [0.1, 0.15) is 10.0 Å². The molecule has 2 heterocycles. The van der Waals surface area contributed by atoms with Gasteiger partial charge in [0.2, 0.25) is 0 Å². The maximum absolute atomic E-state index is 12.3. The lowest BCUT2D eigenvalue weighted by atomic mass is 10.2. The van der Waals surface area contributed by atoms with Crippen LogP contribution in [0.25, 0.3) is 0 Å². The Kier molecular flexibility index (Phi) is 5.42. The van der Waals surface area contributed by atoms with Gasteiger partial charge in [-0.25, -0.2) is 13.4 Å². The lowest BCUT2D eigenvalue weighted by Gasteiger charge is -2.09. The highest BCUT2D eigenvalue weighted by molar-refractivity contribution is 7.94. The van der Waals surface area contributed by atoms with Crippen molar-refractivity contribution in [3.05, 3.63) is 35.3 Å². The molecule has 0 aromatic carbocycles. The molecular weight excluding hydrogens is 318 g/mol. The molecule has 0 unspecified atom stereocenters. The number of pyridine rings is 1. The van der Waals surface area contributed by atoms with Crippen molar-refractivity contribution in [1.82, 2.24) is 4.98 Å². The van der Waals surface area contributed by atoms with Crippen molar-refractivity contribution in [2.75, 3.05) is 16.6 Å². The van der Waals surface area contributed by atoms with Crippen LogP contribution in [0.3, 0.4) is 0 Å². The number of nitrogens with one attached hydrogen (secondary N) is 2. The van der Waals surface area contributed by atoms with Gasteiger partial charge in [-0.05, 0) is 36.6 Å². The lowest BCUT2D eigenvalue weighted by Crippen LogP contribution is -2.13. The highest BCUT2D eigenvalue weighted by Gasteiger charge is 2.17. The zero-order chi connectivity index (χ0) is 16.2. The van der Waals surface area contributed by atoms with Gasteiger partial charge in [-0.3, -0.25) is 4.72 Å². The third-order valence-electron chi connectivity index (χ3n) is 2.97. The van der Waals surface area contributed by atoms with Crippen molar-refractivity contribution < 1.29 is 8.42 Å². The molecule has 0 bridgehead atoms. The summed E-state index contributed by atoms with van der Waals surface area (Å²) in [4.78, 5) is 5.19. The van der Waals surface area contributed by atoms with Crippen LogP contribution in [0.2, 0.25) is 0 Å². The largest absolute Gasteiger partial charge is 0.384 e. The SMILES string of the molecule is CCc1ccc(S(=O)(=O)Nc2ccc(NCC(C)C)cn2)s1. The zero-order valence-corrected chi connectivity index (χ0v) is 14.6. The van der Waals surface area contributed by atoms with Crippen LogP contribution in [-0.2, 0) is 16.4 Å². The topological polar surface area (TPSA) is 71.1 Å². The van der Waals surface area contributed by atoms with Gasteiger partial charge in [-0.2, -0.15) is 0 Å². The van der Waals surface area contributed by atoms with Gasteiger partial charge in [-0.1, -0.05) is 20.8 Å². The smallest absolute Gasteiger partial charge is 0.272 e. The number of rotatable bonds is 7.